The number of nitrogens with zero attached hydrogens (tertiary/aromatic N) is 2. The summed E-state index contributed by atoms with van der Waals surface area (Å²) in [5.41, 5.74) is 5.82. The summed E-state index contributed by atoms with van der Waals surface area (Å²) in [5.74, 6) is 0. The minimum atomic E-state index is 0.664. The van der Waals surface area contributed by atoms with Gasteiger partial charge < -0.3 is 0 Å². The third-order valence-electron chi connectivity index (χ3n) is 5.07. The second-order valence-electron chi connectivity index (χ2n) is 6.80. The summed E-state index contributed by atoms with van der Waals surface area (Å²) < 4.78 is 0. The minimum absolute atomic E-state index is 0.664. The Morgan fingerprint density at radius 1 is 0.571 bits per heavy atom. The molecule has 5 aromatic rings. The first-order valence-corrected chi connectivity index (χ1v) is 9.22. The van der Waals surface area contributed by atoms with E-state index in [9.17, 15) is 5.26 Å². The molecule has 1 heterocycles. The molecule has 2 heteroatoms. The van der Waals surface area contributed by atoms with Gasteiger partial charge in [-0.1, -0.05) is 72.8 Å². The van der Waals surface area contributed by atoms with Gasteiger partial charge in [0.1, 0.15) is 0 Å². The molecule has 0 saturated carbocycles. The van der Waals surface area contributed by atoms with E-state index in [2.05, 4.69) is 72.8 Å². The van der Waals surface area contributed by atoms with Crippen molar-refractivity contribution in [2.45, 2.75) is 0 Å². The first-order chi connectivity index (χ1) is 13.8. The predicted octanol–water partition coefficient (Wildman–Crippen LogP) is 6.59. The fourth-order valence-corrected chi connectivity index (χ4v) is 3.74. The molecule has 130 valence electrons. The lowest BCUT2D eigenvalue weighted by molar-refractivity contribution is 1.42. The molecule has 2 nitrogen and oxygen atoms in total. The highest BCUT2D eigenvalue weighted by Crippen LogP contribution is 2.34. The summed E-state index contributed by atoms with van der Waals surface area (Å²) in [6.07, 6.45) is 0. The molecule has 0 unspecified atom stereocenters. The van der Waals surface area contributed by atoms with E-state index in [-0.39, 0.29) is 0 Å². The van der Waals surface area contributed by atoms with Gasteiger partial charge in [-0.15, -0.1) is 0 Å². The summed E-state index contributed by atoms with van der Waals surface area (Å²) in [6.45, 7) is 0. The molecule has 0 amide bonds. The van der Waals surface area contributed by atoms with Crippen LogP contribution < -0.4 is 0 Å². The Labute approximate surface area is 163 Å². The maximum Gasteiger partial charge on any atom is 0.0991 e. The minimum Gasteiger partial charge on any atom is -0.247 e. The number of para-hydroxylation sites is 1. The molecule has 4 aromatic carbocycles. The van der Waals surface area contributed by atoms with Gasteiger partial charge in [-0.25, -0.2) is 4.98 Å². The van der Waals surface area contributed by atoms with Crippen LogP contribution in [0, 0.1) is 11.3 Å². The number of benzene rings is 4. The number of nitriles is 1. The fraction of sp³-hybridized carbons (Fsp3) is 0. The van der Waals surface area contributed by atoms with Gasteiger partial charge in [-0.2, -0.15) is 5.26 Å². The molecule has 0 spiro atoms. The Hall–Kier alpha value is -3.96. The van der Waals surface area contributed by atoms with Gasteiger partial charge in [0.15, 0.2) is 0 Å². The van der Waals surface area contributed by atoms with Gasteiger partial charge in [-0.3, -0.25) is 0 Å². The second kappa shape index (κ2) is 6.64. The molecule has 0 saturated heterocycles. The van der Waals surface area contributed by atoms with Crippen LogP contribution in [0.5, 0.6) is 0 Å². The highest BCUT2D eigenvalue weighted by Gasteiger charge is 2.10. The molecule has 28 heavy (non-hydrogen) atoms. The molecule has 0 radical (unpaired) electrons. The number of fused-ring (bicyclic) bond motifs is 3. The summed E-state index contributed by atoms with van der Waals surface area (Å²) >= 11 is 0. The van der Waals surface area contributed by atoms with Crippen LogP contribution in [0.3, 0.4) is 0 Å². The van der Waals surface area contributed by atoms with Crippen LogP contribution in [-0.4, -0.2) is 4.98 Å². The number of rotatable bonds is 2. The summed E-state index contributed by atoms with van der Waals surface area (Å²) in [7, 11) is 0. The van der Waals surface area contributed by atoms with Crippen LogP contribution in [0.25, 0.3) is 44.1 Å². The zero-order valence-corrected chi connectivity index (χ0v) is 15.1. The lowest BCUT2D eigenvalue weighted by atomic mass is 9.96. The highest BCUT2D eigenvalue weighted by atomic mass is 14.7. The molecule has 5 rings (SSSR count). The molecule has 0 aliphatic heterocycles. The van der Waals surface area contributed by atoms with Gasteiger partial charge in [0.2, 0.25) is 0 Å². The maximum atomic E-state index is 9.20. The van der Waals surface area contributed by atoms with E-state index in [1.54, 1.807) is 0 Å². The van der Waals surface area contributed by atoms with Crippen molar-refractivity contribution in [2.24, 2.45) is 0 Å². The van der Waals surface area contributed by atoms with Crippen molar-refractivity contribution < 1.29 is 0 Å². The monoisotopic (exact) mass is 356 g/mol. The Balaban J connectivity index is 1.75. The van der Waals surface area contributed by atoms with Gasteiger partial charge >= 0.3 is 0 Å². The zero-order chi connectivity index (χ0) is 18.9. The van der Waals surface area contributed by atoms with Crippen molar-refractivity contribution in [3.63, 3.8) is 0 Å². The van der Waals surface area contributed by atoms with Crippen molar-refractivity contribution in [2.75, 3.05) is 0 Å². The molecule has 0 N–H and O–H groups in total. The topological polar surface area (TPSA) is 36.7 Å². The van der Waals surface area contributed by atoms with E-state index < -0.39 is 0 Å². The lowest BCUT2D eigenvalue weighted by Crippen LogP contribution is -1.90. The van der Waals surface area contributed by atoms with E-state index in [4.69, 9.17) is 4.98 Å². The lowest BCUT2D eigenvalue weighted by Gasteiger charge is -2.11. The Morgan fingerprint density at radius 3 is 2.04 bits per heavy atom. The summed E-state index contributed by atoms with van der Waals surface area (Å²) in [4.78, 5) is 4.99. The Kier molecular flexibility index (Phi) is 3.85. The van der Waals surface area contributed by atoms with E-state index in [0.29, 0.717) is 5.56 Å². The SMILES string of the molecule is N#Cc1cccc(-c2cccc(-c3nc4ccccc4c4ccccc34)c2)c1. The van der Waals surface area contributed by atoms with Crippen LogP contribution in [0.1, 0.15) is 5.56 Å². The van der Waals surface area contributed by atoms with Crippen LogP contribution in [-0.2, 0) is 0 Å². The fourth-order valence-electron chi connectivity index (χ4n) is 3.74. The van der Waals surface area contributed by atoms with Crippen molar-refractivity contribution in [1.82, 2.24) is 4.98 Å². The van der Waals surface area contributed by atoms with E-state index >= 15 is 0 Å². The van der Waals surface area contributed by atoms with Crippen molar-refractivity contribution >= 4 is 21.7 Å². The molecule has 0 aliphatic rings. The number of pyridine rings is 1. The molecule has 0 bridgehead atoms. The molecule has 0 atom stereocenters. The Morgan fingerprint density at radius 2 is 1.21 bits per heavy atom. The van der Waals surface area contributed by atoms with E-state index in [0.717, 1.165) is 33.3 Å². The summed E-state index contributed by atoms with van der Waals surface area (Å²) in [5, 5.41) is 12.7. The van der Waals surface area contributed by atoms with Gasteiger partial charge in [0, 0.05) is 16.3 Å². The van der Waals surface area contributed by atoms with E-state index in [1.807, 2.05) is 30.3 Å². The van der Waals surface area contributed by atoms with Crippen molar-refractivity contribution in [1.29, 1.82) is 5.26 Å². The van der Waals surface area contributed by atoms with Crippen LogP contribution in [0.15, 0.2) is 97.1 Å². The van der Waals surface area contributed by atoms with E-state index in [1.165, 1.54) is 10.8 Å². The maximum absolute atomic E-state index is 9.20. The number of aromatic nitrogens is 1. The number of hydrogen-bond donors (Lipinski definition) is 0. The third kappa shape index (κ3) is 2.71. The summed E-state index contributed by atoms with van der Waals surface area (Å²) in [6, 6.07) is 35.0. The normalized spacial score (nSPS) is 10.8. The quantitative estimate of drug-likeness (QED) is 0.334. The number of hydrogen-bond acceptors (Lipinski definition) is 2. The molecule has 0 aliphatic carbocycles. The van der Waals surface area contributed by atoms with Gasteiger partial charge in [0.25, 0.3) is 0 Å². The average molecular weight is 356 g/mol. The second-order valence-corrected chi connectivity index (χ2v) is 6.80. The van der Waals surface area contributed by atoms with Crippen LogP contribution in [0.2, 0.25) is 0 Å². The first-order valence-electron chi connectivity index (χ1n) is 9.22. The molecular formula is C26H16N2. The highest BCUT2D eigenvalue weighted by molar-refractivity contribution is 6.10. The van der Waals surface area contributed by atoms with Crippen molar-refractivity contribution in [3.05, 3.63) is 103 Å². The molecule has 0 fully saturated rings. The smallest absolute Gasteiger partial charge is 0.0991 e. The largest absolute Gasteiger partial charge is 0.247 e. The first kappa shape index (κ1) is 16.2. The van der Waals surface area contributed by atoms with Gasteiger partial charge in [-0.05, 0) is 40.8 Å². The molecular weight excluding hydrogens is 340 g/mol. The average Bonchev–Trinajstić information content (AvgIpc) is 2.78. The third-order valence-corrected chi connectivity index (χ3v) is 5.07. The zero-order valence-electron chi connectivity index (χ0n) is 15.1. The van der Waals surface area contributed by atoms with Gasteiger partial charge in [0.05, 0.1) is 22.8 Å². The predicted molar refractivity (Wildman–Crippen MR) is 115 cm³/mol. The van der Waals surface area contributed by atoms with Crippen molar-refractivity contribution in [3.8, 4) is 28.5 Å². The molecule has 1 aromatic heterocycles. The Bertz CT molecular complexity index is 1380. The standard InChI is InChI=1S/C26H16N2/c27-17-18-7-5-8-19(15-18)20-9-6-10-21(16-20)26-24-13-2-1-11-22(24)23-12-3-4-14-25(23)28-26/h1-16H. The van der Waals surface area contributed by atoms with Crippen LogP contribution in [0.4, 0.5) is 0 Å². The van der Waals surface area contributed by atoms with Crippen LogP contribution >= 0.6 is 0 Å².